The Morgan fingerprint density at radius 3 is 1.12 bits per heavy atom. The van der Waals surface area contributed by atoms with Crippen LogP contribution in [-0.4, -0.2) is 37.2 Å². The van der Waals surface area contributed by atoms with Crippen molar-refractivity contribution in [3.05, 3.63) is 97.2 Å². The van der Waals surface area contributed by atoms with E-state index in [1.54, 1.807) is 0 Å². The second-order valence-electron chi connectivity index (χ2n) is 15.6. The Hall–Kier alpha value is -3.67. The minimum Gasteiger partial charge on any atom is -0.462 e. The number of esters is 3. The molecule has 0 rings (SSSR count). The van der Waals surface area contributed by atoms with Crippen molar-refractivity contribution in [2.45, 2.75) is 213 Å². The van der Waals surface area contributed by atoms with Crippen molar-refractivity contribution >= 4 is 17.9 Å². The number of unbranched alkanes of at least 4 members (excludes halogenated alkanes) is 15. The van der Waals surface area contributed by atoms with Crippen molar-refractivity contribution in [3.63, 3.8) is 0 Å². The van der Waals surface area contributed by atoms with Gasteiger partial charge in [-0.2, -0.15) is 0 Å². The van der Waals surface area contributed by atoms with Gasteiger partial charge < -0.3 is 14.2 Å². The summed E-state index contributed by atoms with van der Waals surface area (Å²) < 4.78 is 16.7. The quantitative estimate of drug-likeness (QED) is 0.0264. The highest BCUT2D eigenvalue weighted by atomic mass is 16.6. The highest BCUT2D eigenvalue weighted by Crippen LogP contribution is 2.13. The standard InChI is InChI=1S/C54H88O6/c1-4-7-10-13-16-19-21-23-25-26-27-28-29-31-32-35-38-41-44-47-53(56)59-50-51(49-58-52(55)46-43-40-37-34-18-15-12-9-6-3)60-54(57)48-45-42-39-36-33-30-24-22-20-17-14-11-8-5-2/h7-8,10-11,16-17,19-20,23,25,27-28,31-32,34,37,51H,4-6,9,12-15,18,21-22,24,26,29-30,33,35-36,38-50H2,1-3H3/b10-7-,11-8-,19-16-,20-17-,25-23-,28-27-,32-31-,37-34-. The Morgan fingerprint density at radius 2 is 0.667 bits per heavy atom. The summed E-state index contributed by atoms with van der Waals surface area (Å²) in [7, 11) is 0. The van der Waals surface area contributed by atoms with Gasteiger partial charge in [0.15, 0.2) is 6.10 Å². The van der Waals surface area contributed by atoms with Gasteiger partial charge in [0, 0.05) is 19.3 Å². The maximum atomic E-state index is 12.7. The summed E-state index contributed by atoms with van der Waals surface area (Å²) in [4.78, 5) is 37.8. The van der Waals surface area contributed by atoms with E-state index in [0.29, 0.717) is 25.7 Å². The molecule has 0 aromatic carbocycles. The lowest BCUT2D eigenvalue weighted by molar-refractivity contribution is -0.167. The van der Waals surface area contributed by atoms with Crippen LogP contribution >= 0.6 is 0 Å². The van der Waals surface area contributed by atoms with Crippen molar-refractivity contribution in [1.82, 2.24) is 0 Å². The Labute approximate surface area is 368 Å². The summed E-state index contributed by atoms with van der Waals surface area (Å²) in [5, 5.41) is 0. The zero-order valence-corrected chi connectivity index (χ0v) is 38.7. The van der Waals surface area contributed by atoms with Gasteiger partial charge in [0.2, 0.25) is 0 Å². The van der Waals surface area contributed by atoms with Crippen molar-refractivity contribution < 1.29 is 28.6 Å². The molecule has 0 bridgehead atoms. The predicted octanol–water partition coefficient (Wildman–Crippen LogP) is 15.8. The first-order valence-electron chi connectivity index (χ1n) is 24.2. The SMILES string of the molecule is CC/C=C\C/C=C\C/C=C\C/C=C\C/C=C\CCCCCC(=O)OCC(COC(=O)CCC/C=C\CCCCCC)OC(=O)CCCCCCCCC/C=C\C/C=C\CC. The van der Waals surface area contributed by atoms with E-state index in [1.807, 2.05) is 0 Å². The first-order chi connectivity index (χ1) is 29.5. The first-order valence-corrected chi connectivity index (χ1v) is 24.2. The number of hydrogen-bond donors (Lipinski definition) is 0. The van der Waals surface area contributed by atoms with Gasteiger partial charge >= 0.3 is 17.9 Å². The zero-order chi connectivity index (χ0) is 43.7. The van der Waals surface area contributed by atoms with Gasteiger partial charge in [-0.25, -0.2) is 0 Å². The number of ether oxygens (including phenoxy) is 3. The maximum absolute atomic E-state index is 12.7. The number of carbonyl (C=O) groups excluding carboxylic acids is 3. The lowest BCUT2D eigenvalue weighted by atomic mass is 10.1. The molecule has 1 unspecified atom stereocenters. The third-order valence-corrected chi connectivity index (χ3v) is 9.80. The molecule has 0 heterocycles. The second-order valence-corrected chi connectivity index (χ2v) is 15.6. The van der Waals surface area contributed by atoms with Crippen molar-refractivity contribution in [2.75, 3.05) is 13.2 Å². The fourth-order valence-electron chi connectivity index (χ4n) is 6.21. The van der Waals surface area contributed by atoms with E-state index in [9.17, 15) is 14.4 Å². The molecule has 0 aliphatic carbocycles. The molecule has 60 heavy (non-hydrogen) atoms. The molecule has 0 amide bonds. The number of carbonyl (C=O) groups is 3. The molecule has 340 valence electrons. The first kappa shape index (κ1) is 56.3. The summed E-state index contributed by atoms with van der Waals surface area (Å²) >= 11 is 0. The lowest BCUT2D eigenvalue weighted by Gasteiger charge is -2.18. The number of rotatable bonds is 42. The van der Waals surface area contributed by atoms with Crippen LogP contribution in [0.2, 0.25) is 0 Å². The van der Waals surface area contributed by atoms with Crippen LogP contribution in [0.15, 0.2) is 97.2 Å². The number of allylic oxidation sites excluding steroid dienone is 16. The van der Waals surface area contributed by atoms with Crippen LogP contribution in [-0.2, 0) is 28.6 Å². The van der Waals surface area contributed by atoms with E-state index in [1.165, 1.54) is 51.4 Å². The Morgan fingerprint density at radius 1 is 0.350 bits per heavy atom. The van der Waals surface area contributed by atoms with E-state index in [-0.39, 0.29) is 31.1 Å². The van der Waals surface area contributed by atoms with Gasteiger partial charge in [-0.1, -0.05) is 176 Å². The Balaban J connectivity index is 4.44. The molecule has 0 aromatic rings. The van der Waals surface area contributed by atoms with Gasteiger partial charge in [0.1, 0.15) is 13.2 Å². The van der Waals surface area contributed by atoms with Gasteiger partial charge in [0.25, 0.3) is 0 Å². The molecule has 0 fully saturated rings. The molecule has 0 aliphatic heterocycles. The van der Waals surface area contributed by atoms with Crippen LogP contribution in [0.3, 0.4) is 0 Å². The summed E-state index contributed by atoms with van der Waals surface area (Å²) in [5.74, 6) is -0.989. The highest BCUT2D eigenvalue weighted by molar-refractivity contribution is 5.71. The smallest absolute Gasteiger partial charge is 0.306 e. The van der Waals surface area contributed by atoms with Crippen LogP contribution in [0.4, 0.5) is 0 Å². The van der Waals surface area contributed by atoms with Crippen LogP contribution in [0.5, 0.6) is 0 Å². The Kier molecular flexibility index (Phi) is 45.1. The summed E-state index contributed by atoms with van der Waals surface area (Å²) in [6, 6.07) is 0. The van der Waals surface area contributed by atoms with E-state index >= 15 is 0 Å². The summed E-state index contributed by atoms with van der Waals surface area (Å²) in [6.07, 6.45) is 62.6. The molecular formula is C54H88O6. The third kappa shape index (κ3) is 45.4. The Bertz CT molecular complexity index is 1230. The average Bonchev–Trinajstić information content (AvgIpc) is 3.24. The molecule has 0 aliphatic rings. The normalized spacial score (nSPS) is 12.9. The lowest BCUT2D eigenvalue weighted by Crippen LogP contribution is -2.30. The topological polar surface area (TPSA) is 78.9 Å². The monoisotopic (exact) mass is 833 g/mol. The van der Waals surface area contributed by atoms with E-state index < -0.39 is 6.10 Å². The molecule has 6 nitrogen and oxygen atoms in total. The number of hydrogen-bond acceptors (Lipinski definition) is 6. The van der Waals surface area contributed by atoms with Gasteiger partial charge in [-0.15, -0.1) is 0 Å². The van der Waals surface area contributed by atoms with Crippen LogP contribution in [0, 0.1) is 0 Å². The van der Waals surface area contributed by atoms with E-state index in [0.717, 1.165) is 109 Å². The fourth-order valence-corrected chi connectivity index (χ4v) is 6.21. The van der Waals surface area contributed by atoms with Crippen LogP contribution in [0.1, 0.15) is 207 Å². The van der Waals surface area contributed by atoms with Gasteiger partial charge in [-0.3, -0.25) is 14.4 Å². The molecular weight excluding hydrogens is 745 g/mol. The maximum Gasteiger partial charge on any atom is 0.306 e. The predicted molar refractivity (Wildman–Crippen MR) is 256 cm³/mol. The van der Waals surface area contributed by atoms with Crippen molar-refractivity contribution in [2.24, 2.45) is 0 Å². The van der Waals surface area contributed by atoms with E-state index in [2.05, 4.69) is 118 Å². The van der Waals surface area contributed by atoms with Gasteiger partial charge in [-0.05, 0) is 109 Å². The van der Waals surface area contributed by atoms with Crippen molar-refractivity contribution in [3.8, 4) is 0 Å². The molecule has 0 saturated heterocycles. The third-order valence-electron chi connectivity index (χ3n) is 9.80. The minimum atomic E-state index is -0.805. The molecule has 0 aromatic heterocycles. The zero-order valence-electron chi connectivity index (χ0n) is 38.7. The van der Waals surface area contributed by atoms with Crippen molar-refractivity contribution in [1.29, 1.82) is 0 Å². The minimum absolute atomic E-state index is 0.108. The molecule has 0 N–H and O–H groups in total. The fraction of sp³-hybridized carbons (Fsp3) is 0.648. The molecule has 6 heteroatoms. The highest BCUT2D eigenvalue weighted by Gasteiger charge is 2.19. The largest absolute Gasteiger partial charge is 0.462 e. The molecule has 1 atom stereocenters. The summed E-state index contributed by atoms with van der Waals surface area (Å²) in [6.45, 7) is 6.30. The van der Waals surface area contributed by atoms with E-state index in [4.69, 9.17) is 14.2 Å². The molecule has 0 saturated carbocycles. The summed E-state index contributed by atoms with van der Waals surface area (Å²) in [5.41, 5.74) is 0. The van der Waals surface area contributed by atoms with Gasteiger partial charge in [0.05, 0.1) is 0 Å². The molecule has 0 spiro atoms. The van der Waals surface area contributed by atoms with Crippen LogP contribution in [0.25, 0.3) is 0 Å². The average molecular weight is 833 g/mol. The molecule has 0 radical (unpaired) electrons. The second kappa shape index (κ2) is 48.0. The van der Waals surface area contributed by atoms with Crippen LogP contribution < -0.4 is 0 Å².